The minimum Gasteiger partial charge on any atom is -0.366 e. The van der Waals surface area contributed by atoms with Crippen molar-refractivity contribution in [2.24, 2.45) is 11.7 Å². The zero-order valence-electron chi connectivity index (χ0n) is 4.98. The summed E-state index contributed by atoms with van der Waals surface area (Å²) in [7, 11) is 0. The van der Waals surface area contributed by atoms with E-state index in [0.717, 1.165) is 6.61 Å². The van der Waals surface area contributed by atoms with E-state index in [-0.39, 0.29) is 0 Å². The van der Waals surface area contributed by atoms with Gasteiger partial charge >= 0.3 is 0 Å². The third-order valence-electron chi connectivity index (χ3n) is 0.569. The fourth-order valence-corrected chi connectivity index (χ4v) is 0.304. The van der Waals surface area contributed by atoms with Gasteiger partial charge in [-0.15, -0.1) is 0 Å². The molecule has 0 saturated heterocycles. The van der Waals surface area contributed by atoms with Crippen molar-refractivity contribution < 1.29 is 4.74 Å². The van der Waals surface area contributed by atoms with Crippen LogP contribution in [0.2, 0.25) is 0 Å². The largest absolute Gasteiger partial charge is 0.366 e. The van der Waals surface area contributed by atoms with E-state index in [0.29, 0.717) is 12.6 Å². The number of rotatable bonds is 3. The fraction of sp³-hybridized carbons (Fsp3) is 1.00. The Morgan fingerprint density at radius 1 is 1.57 bits per heavy atom. The molecule has 0 aromatic heterocycles. The lowest BCUT2D eigenvalue weighted by molar-refractivity contribution is 0.116. The van der Waals surface area contributed by atoms with Gasteiger partial charge in [0, 0.05) is 0 Å². The second kappa shape index (κ2) is 4.09. The highest BCUT2D eigenvalue weighted by Gasteiger charge is 1.88. The summed E-state index contributed by atoms with van der Waals surface area (Å²) in [6, 6.07) is 0. The van der Waals surface area contributed by atoms with Crippen LogP contribution >= 0.6 is 0 Å². The Morgan fingerprint density at radius 3 is 2.29 bits per heavy atom. The van der Waals surface area contributed by atoms with Crippen LogP contribution < -0.4 is 5.73 Å². The van der Waals surface area contributed by atoms with Crippen molar-refractivity contribution in [2.75, 3.05) is 13.3 Å². The van der Waals surface area contributed by atoms with E-state index in [1.54, 1.807) is 0 Å². The Kier molecular flexibility index (Phi) is 4.04. The van der Waals surface area contributed by atoms with Crippen LogP contribution in [0.25, 0.3) is 0 Å². The molecule has 0 bridgehead atoms. The third-order valence-corrected chi connectivity index (χ3v) is 0.569. The summed E-state index contributed by atoms with van der Waals surface area (Å²) in [4.78, 5) is 0. The highest BCUT2D eigenvalue weighted by Crippen LogP contribution is 1.89. The van der Waals surface area contributed by atoms with Gasteiger partial charge in [-0.3, -0.25) is 0 Å². The van der Waals surface area contributed by atoms with Crippen LogP contribution in [0.4, 0.5) is 0 Å². The van der Waals surface area contributed by atoms with Gasteiger partial charge in [0.2, 0.25) is 0 Å². The molecule has 0 aliphatic carbocycles. The molecule has 2 N–H and O–H groups in total. The summed E-state index contributed by atoms with van der Waals surface area (Å²) in [6.07, 6.45) is 0. The van der Waals surface area contributed by atoms with Crippen LogP contribution in [0, 0.1) is 5.92 Å². The number of nitrogens with two attached hydrogens (primary N) is 1. The molecule has 0 aliphatic heterocycles. The quantitative estimate of drug-likeness (QED) is 0.530. The van der Waals surface area contributed by atoms with Crippen LogP contribution in [0.15, 0.2) is 0 Å². The third kappa shape index (κ3) is 5.92. The second-order valence-corrected chi connectivity index (χ2v) is 1.93. The first kappa shape index (κ1) is 6.92. The molecular weight excluding hydrogens is 90.1 g/mol. The van der Waals surface area contributed by atoms with E-state index in [9.17, 15) is 0 Å². The van der Waals surface area contributed by atoms with Gasteiger partial charge in [-0.1, -0.05) is 13.8 Å². The van der Waals surface area contributed by atoms with E-state index < -0.39 is 0 Å². The van der Waals surface area contributed by atoms with E-state index in [1.807, 2.05) is 0 Å². The maximum Gasteiger partial charge on any atom is 0.0940 e. The van der Waals surface area contributed by atoms with Gasteiger partial charge in [0.1, 0.15) is 0 Å². The number of hydrogen-bond donors (Lipinski definition) is 1. The first-order chi connectivity index (χ1) is 3.27. The van der Waals surface area contributed by atoms with Crippen molar-refractivity contribution in [2.45, 2.75) is 13.8 Å². The maximum absolute atomic E-state index is 5.05. The molecule has 44 valence electrons. The molecular formula is C5H13NO. The molecule has 0 amide bonds. The molecule has 2 nitrogen and oxygen atoms in total. The predicted octanol–water partition coefficient (Wildman–Crippen LogP) is 0.575. The summed E-state index contributed by atoms with van der Waals surface area (Å²) in [5, 5.41) is 0. The molecule has 0 unspecified atom stereocenters. The molecule has 0 spiro atoms. The average molecular weight is 103 g/mol. The summed E-state index contributed by atoms with van der Waals surface area (Å²) in [5.41, 5.74) is 5.05. The van der Waals surface area contributed by atoms with Crippen molar-refractivity contribution in [3.05, 3.63) is 0 Å². The summed E-state index contributed by atoms with van der Waals surface area (Å²) < 4.78 is 4.87. The average Bonchev–Trinajstić information content (AvgIpc) is 1.61. The molecule has 0 saturated carbocycles. The molecule has 0 atom stereocenters. The highest BCUT2D eigenvalue weighted by molar-refractivity contribution is 4.36. The topological polar surface area (TPSA) is 35.2 Å². The normalized spacial score (nSPS) is 10.3. The summed E-state index contributed by atoms with van der Waals surface area (Å²) in [5.74, 6) is 0.601. The fourth-order valence-electron chi connectivity index (χ4n) is 0.304. The van der Waals surface area contributed by atoms with Gasteiger partial charge < -0.3 is 10.5 Å². The predicted molar refractivity (Wildman–Crippen MR) is 29.8 cm³/mol. The zero-order valence-corrected chi connectivity index (χ0v) is 4.98. The van der Waals surface area contributed by atoms with Crippen LogP contribution in [-0.4, -0.2) is 13.3 Å². The van der Waals surface area contributed by atoms with Crippen molar-refractivity contribution in [1.29, 1.82) is 0 Å². The van der Waals surface area contributed by atoms with Crippen molar-refractivity contribution >= 4 is 0 Å². The van der Waals surface area contributed by atoms with Gasteiger partial charge in [0.15, 0.2) is 0 Å². The lowest BCUT2D eigenvalue weighted by Gasteiger charge is -2.01. The van der Waals surface area contributed by atoms with Crippen LogP contribution in [0.1, 0.15) is 13.8 Å². The minimum atomic E-state index is 0.345. The molecule has 0 radical (unpaired) electrons. The van der Waals surface area contributed by atoms with E-state index >= 15 is 0 Å². The molecule has 2 heteroatoms. The maximum atomic E-state index is 5.05. The van der Waals surface area contributed by atoms with Crippen LogP contribution in [0.5, 0.6) is 0 Å². The Labute approximate surface area is 44.7 Å². The van der Waals surface area contributed by atoms with Gasteiger partial charge in [-0.05, 0) is 5.92 Å². The Balaban J connectivity index is 2.68. The lowest BCUT2D eigenvalue weighted by Crippen LogP contribution is -2.09. The Morgan fingerprint density at radius 2 is 2.14 bits per heavy atom. The van der Waals surface area contributed by atoms with E-state index in [1.165, 1.54) is 0 Å². The number of hydrogen-bond acceptors (Lipinski definition) is 2. The standard InChI is InChI=1S/C5H13NO/c1-5(2)3-7-4-6/h5H,3-4,6H2,1-2H3. The Bertz CT molecular complexity index is 37.1. The first-order valence-corrected chi connectivity index (χ1v) is 2.55. The minimum absolute atomic E-state index is 0.345. The zero-order chi connectivity index (χ0) is 5.70. The van der Waals surface area contributed by atoms with Crippen molar-refractivity contribution in [3.63, 3.8) is 0 Å². The van der Waals surface area contributed by atoms with E-state index in [4.69, 9.17) is 10.5 Å². The SMILES string of the molecule is CC(C)COCN. The van der Waals surface area contributed by atoms with Crippen LogP contribution in [0.3, 0.4) is 0 Å². The Hall–Kier alpha value is -0.0800. The molecule has 7 heavy (non-hydrogen) atoms. The molecule has 0 heterocycles. The molecule has 0 fully saturated rings. The van der Waals surface area contributed by atoms with Gasteiger partial charge in [0.05, 0.1) is 13.3 Å². The molecule has 0 aromatic rings. The first-order valence-electron chi connectivity index (χ1n) is 2.55. The number of ether oxygens (including phenoxy) is 1. The van der Waals surface area contributed by atoms with E-state index in [2.05, 4.69) is 13.8 Å². The second-order valence-electron chi connectivity index (χ2n) is 1.93. The van der Waals surface area contributed by atoms with Gasteiger partial charge in [-0.25, -0.2) is 0 Å². The lowest BCUT2D eigenvalue weighted by atomic mass is 10.2. The molecule has 0 rings (SSSR count). The molecule has 0 aliphatic rings. The highest BCUT2D eigenvalue weighted by atomic mass is 16.5. The van der Waals surface area contributed by atoms with Crippen molar-refractivity contribution in [3.8, 4) is 0 Å². The summed E-state index contributed by atoms with van der Waals surface area (Å²) >= 11 is 0. The summed E-state index contributed by atoms with van der Waals surface area (Å²) in [6.45, 7) is 5.31. The van der Waals surface area contributed by atoms with Crippen LogP contribution in [-0.2, 0) is 4.74 Å². The molecule has 0 aromatic carbocycles. The van der Waals surface area contributed by atoms with Gasteiger partial charge in [-0.2, -0.15) is 0 Å². The van der Waals surface area contributed by atoms with Crippen molar-refractivity contribution in [1.82, 2.24) is 0 Å². The van der Waals surface area contributed by atoms with Gasteiger partial charge in [0.25, 0.3) is 0 Å². The smallest absolute Gasteiger partial charge is 0.0940 e. The monoisotopic (exact) mass is 103 g/mol.